The molecule has 1 aliphatic rings. The quantitative estimate of drug-likeness (QED) is 0.750. The molecule has 0 spiro atoms. The normalized spacial score (nSPS) is 25.8. The number of rotatable bonds is 2. The molecule has 0 aromatic carbocycles. The maximum atomic E-state index is 4.41. The van der Waals surface area contributed by atoms with Gasteiger partial charge in [-0.25, -0.2) is 4.98 Å². The predicted molar refractivity (Wildman–Crippen MR) is 52.7 cm³/mol. The number of nitrogens with zero attached hydrogens (tertiary/aromatic N) is 2. The van der Waals surface area contributed by atoms with E-state index in [2.05, 4.69) is 22.2 Å². The van der Waals surface area contributed by atoms with Gasteiger partial charge in [0.2, 0.25) is 0 Å². The summed E-state index contributed by atoms with van der Waals surface area (Å²) in [6, 6.07) is 0.622. The molecule has 2 rings (SSSR count). The topological polar surface area (TPSA) is 37.8 Å². The SMILES string of the molecule is Cc1ncc(NC2CC2C)nc1C. The molecule has 0 bridgehead atoms. The first-order valence-electron chi connectivity index (χ1n) is 4.73. The fraction of sp³-hybridized carbons (Fsp3) is 0.600. The van der Waals surface area contributed by atoms with Crippen molar-refractivity contribution in [2.45, 2.75) is 33.2 Å². The van der Waals surface area contributed by atoms with E-state index < -0.39 is 0 Å². The molecule has 1 heterocycles. The molecule has 1 aromatic heterocycles. The fourth-order valence-electron chi connectivity index (χ4n) is 1.32. The lowest BCUT2D eigenvalue weighted by atomic mass is 10.3. The Morgan fingerprint density at radius 1 is 1.38 bits per heavy atom. The lowest BCUT2D eigenvalue weighted by molar-refractivity contribution is 0.916. The van der Waals surface area contributed by atoms with Gasteiger partial charge in [0.25, 0.3) is 0 Å². The molecular formula is C10H15N3. The number of hydrogen-bond donors (Lipinski definition) is 1. The Kier molecular flexibility index (Phi) is 1.94. The van der Waals surface area contributed by atoms with Crippen molar-refractivity contribution in [2.75, 3.05) is 5.32 Å². The van der Waals surface area contributed by atoms with E-state index in [1.807, 2.05) is 20.0 Å². The first-order chi connectivity index (χ1) is 6.16. The van der Waals surface area contributed by atoms with Crippen LogP contribution in [-0.2, 0) is 0 Å². The highest BCUT2D eigenvalue weighted by atomic mass is 15.1. The van der Waals surface area contributed by atoms with Crippen molar-refractivity contribution in [3.8, 4) is 0 Å². The van der Waals surface area contributed by atoms with Crippen molar-refractivity contribution >= 4 is 5.82 Å². The van der Waals surface area contributed by atoms with Gasteiger partial charge in [-0.2, -0.15) is 0 Å². The van der Waals surface area contributed by atoms with Crippen LogP contribution in [0.5, 0.6) is 0 Å². The average molecular weight is 177 g/mol. The number of aromatic nitrogens is 2. The third-order valence-corrected chi connectivity index (χ3v) is 2.64. The molecule has 1 aliphatic carbocycles. The summed E-state index contributed by atoms with van der Waals surface area (Å²) in [5, 5.41) is 3.36. The Bertz CT molecular complexity index is 322. The number of anilines is 1. The van der Waals surface area contributed by atoms with Crippen LogP contribution < -0.4 is 5.32 Å². The highest BCUT2D eigenvalue weighted by Gasteiger charge is 2.32. The van der Waals surface area contributed by atoms with Crippen molar-refractivity contribution < 1.29 is 0 Å². The lowest BCUT2D eigenvalue weighted by Crippen LogP contribution is -2.07. The molecule has 0 aliphatic heterocycles. The molecule has 0 radical (unpaired) electrons. The maximum absolute atomic E-state index is 4.41. The van der Waals surface area contributed by atoms with E-state index in [0.717, 1.165) is 23.1 Å². The Morgan fingerprint density at radius 2 is 2.08 bits per heavy atom. The summed E-state index contributed by atoms with van der Waals surface area (Å²) in [5.74, 6) is 1.71. The number of aryl methyl sites for hydroxylation is 2. The predicted octanol–water partition coefficient (Wildman–Crippen LogP) is 1.91. The van der Waals surface area contributed by atoms with E-state index in [1.165, 1.54) is 6.42 Å². The summed E-state index contributed by atoms with van der Waals surface area (Å²) in [6.07, 6.45) is 3.07. The van der Waals surface area contributed by atoms with Crippen molar-refractivity contribution in [1.29, 1.82) is 0 Å². The molecule has 0 saturated heterocycles. The standard InChI is InChI=1S/C10H15N3/c1-6-4-9(6)13-10-5-11-7(2)8(3)12-10/h5-6,9H,4H2,1-3H3,(H,12,13). The van der Waals surface area contributed by atoms with Gasteiger partial charge >= 0.3 is 0 Å². The molecule has 3 heteroatoms. The van der Waals surface area contributed by atoms with Crippen LogP contribution in [0.3, 0.4) is 0 Å². The summed E-state index contributed by atoms with van der Waals surface area (Å²) in [6.45, 7) is 6.21. The fourth-order valence-corrected chi connectivity index (χ4v) is 1.32. The first-order valence-corrected chi connectivity index (χ1v) is 4.73. The second kappa shape index (κ2) is 2.98. The van der Waals surface area contributed by atoms with Gasteiger partial charge in [0.05, 0.1) is 17.6 Å². The van der Waals surface area contributed by atoms with Crippen LogP contribution in [0.4, 0.5) is 5.82 Å². The maximum Gasteiger partial charge on any atom is 0.145 e. The van der Waals surface area contributed by atoms with Crippen LogP contribution in [0.1, 0.15) is 24.7 Å². The van der Waals surface area contributed by atoms with Gasteiger partial charge in [-0.05, 0) is 26.2 Å². The van der Waals surface area contributed by atoms with Crippen molar-refractivity contribution in [1.82, 2.24) is 9.97 Å². The van der Waals surface area contributed by atoms with E-state index in [-0.39, 0.29) is 0 Å². The summed E-state index contributed by atoms with van der Waals surface area (Å²) in [4.78, 5) is 8.67. The van der Waals surface area contributed by atoms with Crippen molar-refractivity contribution in [2.24, 2.45) is 5.92 Å². The minimum Gasteiger partial charge on any atom is -0.366 e. The monoisotopic (exact) mass is 177 g/mol. The summed E-state index contributed by atoms with van der Waals surface area (Å²) in [7, 11) is 0. The highest BCUT2D eigenvalue weighted by Crippen LogP contribution is 2.31. The van der Waals surface area contributed by atoms with Crippen molar-refractivity contribution in [3.05, 3.63) is 17.6 Å². The number of nitrogens with one attached hydrogen (secondary N) is 1. The molecule has 2 unspecified atom stereocenters. The Hall–Kier alpha value is -1.12. The Labute approximate surface area is 78.6 Å². The highest BCUT2D eigenvalue weighted by molar-refractivity contribution is 5.36. The van der Waals surface area contributed by atoms with E-state index in [1.54, 1.807) is 0 Å². The van der Waals surface area contributed by atoms with Gasteiger partial charge < -0.3 is 5.32 Å². The Morgan fingerprint density at radius 3 is 2.62 bits per heavy atom. The van der Waals surface area contributed by atoms with Crippen molar-refractivity contribution in [3.63, 3.8) is 0 Å². The van der Waals surface area contributed by atoms with E-state index in [9.17, 15) is 0 Å². The zero-order chi connectivity index (χ0) is 9.42. The molecule has 1 N–H and O–H groups in total. The summed E-state index contributed by atoms with van der Waals surface area (Å²) < 4.78 is 0. The van der Waals surface area contributed by atoms with Gasteiger partial charge in [-0.15, -0.1) is 0 Å². The van der Waals surface area contributed by atoms with Crippen LogP contribution in [0.25, 0.3) is 0 Å². The molecule has 13 heavy (non-hydrogen) atoms. The largest absolute Gasteiger partial charge is 0.366 e. The summed E-state index contributed by atoms with van der Waals surface area (Å²) in [5.41, 5.74) is 2.02. The minimum atomic E-state index is 0.622. The third-order valence-electron chi connectivity index (χ3n) is 2.64. The smallest absolute Gasteiger partial charge is 0.145 e. The molecular weight excluding hydrogens is 162 g/mol. The van der Waals surface area contributed by atoms with Gasteiger partial charge in [0, 0.05) is 6.04 Å². The van der Waals surface area contributed by atoms with Gasteiger partial charge in [-0.1, -0.05) is 6.92 Å². The minimum absolute atomic E-state index is 0.622. The Balaban J connectivity index is 2.08. The van der Waals surface area contributed by atoms with Crippen LogP contribution in [-0.4, -0.2) is 16.0 Å². The van der Waals surface area contributed by atoms with Gasteiger partial charge in [-0.3, -0.25) is 4.98 Å². The molecule has 0 amide bonds. The van der Waals surface area contributed by atoms with Gasteiger partial charge in [0.15, 0.2) is 0 Å². The van der Waals surface area contributed by atoms with Crippen LogP contribution in [0.2, 0.25) is 0 Å². The molecule has 1 saturated carbocycles. The van der Waals surface area contributed by atoms with E-state index in [4.69, 9.17) is 0 Å². The van der Waals surface area contributed by atoms with Crippen LogP contribution in [0, 0.1) is 19.8 Å². The zero-order valence-corrected chi connectivity index (χ0v) is 8.33. The van der Waals surface area contributed by atoms with Crippen LogP contribution in [0.15, 0.2) is 6.20 Å². The first kappa shape index (κ1) is 8.48. The molecule has 3 nitrogen and oxygen atoms in total. The molecule has 70 valence electrons. The molecule has 2 atom stereocenters. The number of hydrogen-bond acceptors (Lipinski definition) is 3. The van der Waals surface area contributed by atoms with Crippen LogP contribution >= 0.6 is 0 Å². The lowest BCUT2D eigenvalue weighted by Gasteiger charge is -2.05. The average Bonchev–Trinajstić information content (AvgIpc) is 2.75. The molecule has 1 fully saturated rings. The van der Waals surface area contributed by atoms with E-state index >= 15 is 0 Å². The van der Waals surface area contributed by atoms with E-state index in [0.29, 0.717) is 6.04 Å². The summed E-state index contributed by atoms with van der Waals surface area (Å²) >= 11 is 0. The second-order valence-corrected chi connectivity index (χ2v) is 3.89. The van der Waals surface area contributed by atoms with Gasteiger partial charge in [0.1, 0.15) is 5.82 Å². The third kappa shape index (κ3) is 1.79. The second-order valence-electron chi connectivity index (χ2n) is 3.89. The zero-order valence-electron chi connectivity index (χ0n) is 8.33. The molecule has 1 aromatic rings.